The van der Waals surface area contributed by atoms with Gasteiger partial charge < -0.3 is 10.5 Å². The Hall–Kier alpha value is -1.43. The number of ether oxygens (including phenoxy) is 1. The molecule has 0 aliphatic heterocycles. The maximum absolute atomic E-state index is 11.4. The van der Waals surface area contributed by atoms with Gasteiger partial charge in [-0.05, 0) is 13.5 Å². The molecule has 0 saturated carbocycles. The molecule has 0 aromatic rings. The van der Waals surface area contributed by atoms with Crippen LogP contribution in [0.2, 0.25) is 0 Å². The minimum Gasteiger partial charge on any atom is -0.466 e. The Balaban J connectivity index is 4.00. The van der Waals surface area contributed by atoms with E-state index >= 15 is 0 Å². The minimum absolute atomic E-state index is 0.0189. The van der Waals surface area contributed by atoms with Crippen molar-refractivity contribution in [2.45, 2.75) is 20.3 Å². The summed E-state index contributed by atoms with van der Waals surface area (Å²) < 4.78 is 4.64. The lowest BCUT2D eigenvalue weighted by molar-refractivity contribution is -0.145. The normalized spacial score (nSPS) is 10.2. The van der Waals surface area contributed by atoms with E-state index in [4.69, 9.17) is 5.73 Å². The van der Waals surface area contributed by atoms with Gasteiger partial charge >= 0.3 is 5.97 Å². The van der Waals surface area contributed by atoms with Gasteiger partial charge in [-0.1, -0.05) is 6.92 Å². The van der Waals surface area contributed by atoms with Crippen LogP contribution in [0, 0.1) is 0 Å². The Morgan fingerprint density at radius 2 is 1.81 bits per heavy atom. The monoisotopic (exact) mass is 230 g/mol. The maximum Gasteiger partial charge on any atom is 0.313 e. The van der Waals surface area contributed by atoms with Crippen molar-refractivity contribution in [2.24, 2.45) is 5.73 Å². The molecule has 0 aromatic heterocycles. The maximum atomic E-state index is 11.4. The molecule has 6 heteroatoms. The molecule has 0 aliphatic carbocycles. The van der Waals surface area contributed by atoms with Crippen LogP contribution >= 0.6 is 0 Å². The Labute approximate surface area is 94.7 Å². The molecule has 16 heavy (non-hydrogen) atoms. The fourth-order valence-corrected chi connectivity index (χ4v) is 1.18. The van der Waals surface area contributed by atoms with E-state index in [0.717, 1.165) is 0 Å². The topological polar surface area (TPSA) is 89.7 Å². The number of Topliss-reactive ketones (excluding diaryl/α,β-unsaturated/α-hetero) is 1. The molecular formula is C10H18N2O4. The number of nitrogens with zero attached hydrogens (tertiary/aromatic N) is 1. The van der Waals surface area contributed by atoms with Crippen LogP contribution in [0.25, 0.3) is 0 Å². The van der Waals surface area contributed by atoms with E-state index in [1.54, 1.807) is 18.7 Å². The van der Waals surface area contributed by atoms with Gasteiger partial charge in [-0.15, -0.1) is 0 Å². The summed E-state index contributed by atoms with van der Waals surface area (Å²) in [7, 11) is 0. The van der Waals surface area contributed by atoms with Crippen LogP contribution < -0.4 is 5.73 Å². The van der Waals surface area contributed by atoms with Crippen LogP contribution in [0.4, 0.5) is 0 Å². The van der Waals surface area contributed by atoms with Crippen molar-refractivity contribution in [2.75, 3.05) is 26.2 Å². The quantitative estimate of drug-likeness (QED) is 0.440. The molecule has 0 radical (unpaired) electrons. The average molecular weight is 230 g/mol. The van der Waals surface area contributed by atoms with Crippen molar-refractivity contribution >= 4 is 17.7 Å². The Morgan fingerprint density at radius 3 is 2.25 bits per heavy atom. The van der Waals surface area contributed by atoms with Crippen LogP contribution in [0.3, 0.4) is 0 Å². The Morgan fingerprint density at radius 1 is 1.19 bits per heavy atom. The number of primary amides is 1. The third-order valence-corrected chi connectivity index (χ3v) is 1.87. The first-order valence-corrected chi connectivity index (χ1v) is 5.17. The molecular weight excluding hydrogens is 212 g/mol. The summed E-state index contributed by atoms with van der Waals surface area (Å²) in [4.78, 5) is 34.6. The number of likely N-dealkylation sites (N-methyl/N-ethyl adjacent to an activating group) is 1. The van der Waals surface area contributed by atoms with Crippen molar-refractivity contribution in [1.29, 1.82) is 0 Å². The van der Waals surface area contributed by atoms with Crippen LogP contribution in [0.5, 0.6) is 0 Å². The molecule has 92 valence electrons. The lowest BCUT2D eigenvalue weighted by atomic mass is 10.2. The molecule has 0 bridgehead atoms. The number of esters is 1. The molecule has 0 spiro atoms. The highest BCUT2D eigenvalue weighted by atomic mass is 16.5. The van der Waals surface area contributed by atoms with Crippen LogP contribution in [-0.4, -0.2) is 48.8 Å². The van der Waals surface area contributed by atoms with Gasteiger partial charge in [0.1, 0.15) is 6.42 Å². The first-order valence-electron chi connectivity index (χ1n) is 5.17. The number of amides is 1. The smallest absolute Gasteiger partial charge is 0.313 e. The van der Waals surface area contributed by atoms with Gasteiger partial charge in [0.2, 0.25) is 5.91 Å². The van der Waals surface area contributed by atoms with Crippen molar-refractivity contribution in [3.63, 3.8) is 0 Å². The van der Waals surface area contributed by atoms with E-state index in [2.05, 4.69) is 4.74 Å². The molecule has 0 aliphatic rings. The average Bonchev–Trinajstić information content (AvgIpc) is 2.15. The van der Waals surface area contributed by atoms with Crippen LogP contribution in [0.15, 0.2) is 0 Å². The van der Waals surface area contributed by atoms with Gasteiger partial charge in [0.25, 0.3) is 0 Å². The number of hydrogen-bond acceptors (Lipinski definition) is 5. The number of hydrogen-bond donors (Lipinski definition) is 1. The lowest BCUT2D eigenvalue weighted by Gasteiger charge is -2.16. The van der Waals surface area contributed by atoms with E-state index < -0.39 is 11.9 Å². The highest BCUT2D eigenvalue weighted by Crippen LogP contribution is 1.94. The molecule has 0 fully saturated rings. The fraction of sp³-hybridized carbons (Fsp3) is 0.700. The fourth-order valence-electron chi connectivity index (χ4n) is 1.18. The van der Waals surface area contributed by atoms with Gasteiger partial charge in [0.05, 0.1) is 19.7 Å². The summed E-state index contributed by atoms with van der Waals surface area (Å²) in [5.74, 6) is -1.31. The van der Waals surface area contributed by atoms with Gasteiger partial charge in [0, 0.05) is 0 Å². The van der Waals surface area contributed by atoms with E-state index in [0.29, 0.717) is 6.54 Å². The molecule has 0 heterocycles. The standard InChI is InChI=1S/C10H18N2O4/c1-3-12(7-9(11)14)6-8(13)5-10(15)16-4-2/h3-7H2,1-2H3,(H2,11,14). The lowest BCUT2D eigenvalue weighted by Crippen LogP contribution is -2.37. The number of carbonyl (C=O) groups is 3. The summed E-state index contributed by atoms with van der Waals surface area (Å²) >= 11 is 0. The van der Waals surface area contributed by atoms with Crippen molar-refractivity contribution < 1.29 is 19.1 Å². The summed E-state index contributed by atoms with van der Waals surface area (Å²) in [6.07, 6.45) is -0.261. The summed E-state index contributed by atoms with van der Waals surface area (Å²) in [6, 6.07) is 0. The second-order valence-electron chi connectivity index (χ2n) is 3.29. The van der Waals surface area contributed by atoms with E-state index in [1.165, 1.54) is 0 Å². The van der Waals surface area contributed by atoms with E-state index in [1.807, 2.05) is 0 Å². The predicted molar refractivity (Wildman–Crippen MR) is 57.6 cm³/mol. The summed E-state index contributed by atoms with van der Waals surface area (Å²) in [5, 5.41) is 0. The zero-order chi connectivity index (χ0) is 12.6. The molecule has 0 atom stereocenters. The SMILES string of the molecule is CCOC(=O)CC(=O)CN(CC)CC(N)=O. The number of nitrogens with two attached hydrogens (primary N) is 1. The summed E-state index contributed by atoms with van der Waals surface area (Å²) in [5.41, 5.74) is 5.01. The molecule has 0 unspecified atom stereocenters. The van der Waals surface area contributed by atoms with E-state index in [-0.39, 0.29) is 31.9 Å². The molecule has 0 rings (SSSR count). The minimum atomic E-state index is -0.539. The largest absolute Gasteiger partial charge is 0.466 e. The third kappa shape index (κ3) is 6.94. The highest BCUT2D eigenvalue weighted by molar-refractivity contribution is 5.96. The van der Waals surface area contributed by atoms with Gasteiger partial charge in [0.15, 0.2) is 5.78 Å². The van der Waals surface area contributed by atoms with Crippen LogP contribution in [0.1, 0.15) is 20.3 Å². The first kappa shape index (κ1) is 14.6. The zero-order valence-corrected chi connectivity index (χ0v) is 9.69. The molecule has 2 N–H and O–H groups in total. The summed E-state index contributed by atoms with van der Waals surface area (Å²) in [6.45, 7) is 4.32. The van der Waals surface area contributed by atoms with Gasteiger partial charge in [-0.25, -0.2) is 0 Å². The van der Waals surface area contributed by atoms with Gasteiger partial charge in [-0.2, -0.15) is 0 Å². The predicted octanol–water partition coefficient (Wildman–Crippen LogP) is -0.684. The number of rotatable bonds is 8. The zero-order valence-electron chi connectivity index (χ0n) is 9.69. The van der Waals surface area contributed by atoms with Crippen molar-refractivity contribution in [3.05, 3.63) is 0 Å². The molecule has 6 nitrogen and oxygen atoms in total. The van der Waals surface area contributed by atoms with E-state index in [9.17, 15) is 14.4 Å². The van der Waals surface area contributed by atoms with Crippen molar-refractivity contribution in [1.82, 2.24) is 4.90 Å². The Kier molecular flexibility index (Phi) is 7.11. The third-order valence-electron chi connectivity index (χ3n) is 1.87. The molecule has 0 saturated heterocycles. The second-order valence-corrected chi connectivity index (χ2v) is 3.29. The first-order chi connectivity index (χ1) is 7.49. The van der Waals surface area contributed by atoms with Crippen molar-refractivity contribution in [3.8, 4) is 0 Å². The number of ketones is 1. The second kappa shape index (κ2) is 7.81. The Bertz CT molecular complexity index is 266. The number of carbonyl (C=O) groups excluding carboxylic acids is 3. The van der Waals surface area contributed by atoms with Gasteiger partial charge in [-0.3, -0.25) is 19.3 Å². The molecule has 1 amide bonds. The molecule has 0 aromatic carbocycles. The highest BCUT2D eigenvalue weighted by Gasteiger charge is 2.14. The van der Waals surface area contributed by atoms with Crippen LogP contribution in [-0.2, 0) is 19.1 Å².